The van der Waals surface area contributed by atoms with E-state index < -0.39 is 0 Å². The number of ether oxygens (including phenoxy) is 1. The molecule has 0 bridgehead atoms. The van der Waals surface area contributed by atoms with Crippen LogP contribution in [-0.4, -0.2) is 13.1 Å². The minimum Gasteiger partial charge on any atom is -0.497 e. The molecule has 0 atom stereocenters. The number of nitrogens with zero attached hydrogens (tertiary/aromatic N) is 1. The largest absolute Gasteiger partial charge is 0.497 e. The monoisotopic (exact) mass is 281 g/mol. The highest BCUT2D eigenvalue weighted by molar-refractivity contribution is 5.89. The van der Waals surface area contributed by atoms with Gasteiger partial charge in [-0.2, -0.15) is 5.26 Å². The molecule has 0 saturated heterocycles. The van der Waals surface area contributed by atoms with Crippen LogP contribution in [0.15, 0.2) is 48.5 Å². The zero-order valence-electron chi connectivity index (χ0n) is 11.6. The predicted molar refractivity (Wildman–Crippen MR) is 80.0 cm³/mol. The number of benzene rings is 2. The second-order valence-electron chi connectivity index (χ2n) is 4.35. The van der Waals surface area contributed by atoms with E-state index >= 15 is 0 Å². The molecule has 5 heteroatoms. The van der Waals surface area contributed by atoms with E-state index in [1.165, 1.54) is 0 Å². The Kier molecular flexibility index (Phi) is 4.78. The number of nitrogens with one attached hydrogen (secondary N) is 2. The quantitative estimate of drug-likeness (QED) is 0.905. The van der Waals surface area contributed by atoms with E-state index in [9.17, 15) is 4.79 Å². The Hall–Kier alpha value is -3.00. The summed E-state index contributed by atoms with van der Waals surface area (Å²) in [6.45, 7) is 0.390. The van der Waals surface area contributed by atoms with Crippen LogP contribution in [0.5, 0.6) is 5.75 Å². The maximum Gasteiger partial charge on any atom is 0.319 e. The zero-order chi connectivity index (χ0) is 15.1. The molecule has 2 aromatic carbocycles. The van der Waals surface area contributed by atoms with Gasteiger partial charge in [0.05, 0.1) is 18.7 Å². The minimum absolute atomic E-state index is 0.299. The highest BCUT2D eigenvalue weighted by Crippen LogP contribution is 2.16. The Morgan fingerprint density at radius 3 is 2.67 bits per heavy atom. The third-order valence-corrected chi connectivity index (χ3v) is 2.86. The molecule has 21 heavy (non-hydrogen) atoms. The van der Waals surface area contributed by atoms with E-state index in [-0.39, 0.29) is 6.03 Å². The van der Waals surface area contributed by atoms with Crippen molar-refractivity contribution in [1.29, 1.82) is 5.26 Å². The lowest BCUT2D eigenvalue weighted by molar-refractivity contribution is 0.251. The molecule has 2 aromatic rings. The molecule has 0 aliphatic heterocycles. The van der Waals surface area contributed by atoms with Crippen molar-refractivity contribution in [3.8, 4) is 11.8 Å². The number of anilines is 1. The van der Waals surface area contributed by atoms with Gasteiger partial charge in [-0.05, 0) is 29.8 Å². The van der Waals surface area contributed by atoms with E-state index in [4.69, 9.17) is 10.00 Å². The average Bonchev–Trinajstić information content (AvgIpc) is 2.53. The van der Waals surface area contributed by atoms with Crippen molar-refractivity contribution in [2.24, 2.45) is 0 Å². The highest BCUT2D eigenvalue weighted by atomic mass is 16.5. The molecule has 0 aromatic heterocycles. The molecule has 2 N–H and O–H groups in total. The van der Waals surface area contributed by atoms with Crippen molar-refractivity contribution in [2.75, 3.05) is 12.4 Å². The highest BCUT2D eigenvalue weighted by Gasteiger charge is 2.03. The molecule has 0 radical (unpaired) electrons. The zero-order valence-corrected chi connectivity index (χ0v) is 11.6. The molecule has 0 spiro atoms. The number of rotatable bonds is 4. The molecule has 0 saturated carbocycles. The van der Waals surface area contributed by atoms with Gasteiger partial charge in [0.2, 0.25) is 0 Å². The number of nitriles is 1. The number of carbonyl (C=O) groups is 1. The van der Waals surface area contributed by atoms with Crippen LogP contribution in [0.2, 0.25) is 0 Å². The van der Waals surface area contributed by atoms with Crippen molar-refractivity contribution >= 4 is 11.7 Å². The average molecular weight is 281 g/mol. The molecule has 0 aliphatic rings. The minimum atomic E-state index is -0.299. The van der Waals surface area contributed by atoms with Gasteiger partial charge in [0.1, 0.15) is 5.75 Å². The summed E-state index contributed by atoms with van der Waals surface area (Å²) in [5, 5.41) is 14.2. The second-order valence-corrected chi connectivity index (χ2v) is 4.35. The number of hydrogen-bond acceptors (Lipinski definition) is 3. The van der Waals surface area contributed by atoms with E-state index in [2.05, 4.69) is 16.7 Å². The van der Waals surface area contributed by atoms with Gasteiger partial charge >= 0.3 is 6.03 Å². The molecular weight excluding hydrogens is 266 g/mol. The van der Waals surface area contributed by atoms with Gasteiger partial charge < -0.3 is 15.4 Å². The van der Waals surface area contributed by atoms with E-state index in [1.54, 1.807) is 43.5 Å². The molecular formula is C16H15N3O2. The molecule has 2 amide bonds. The first-order valence-electron chi connectivity index (χ1n) is 6.39. The number of amides is 2. The van der Waals surface area contributed by atoms with Crippen LogP contribution >= 0.6 is 0 Å². The molecule has 2 rings (SSSR count). The third kappa shape index (κ3) is 4.25. The Bertz CT molecular complexity index is 660. The second kappa shape index (κ2) is 6.96. The topological polar surface area (TPSA) is 74.2 Å². The van der Waals surface area contributed by atoms with Crippen LogP contribution in [0.3, 0.4) is 0 Å². The number of urea groups is 1. The van der Waals surface area contributed by atoms with Gasteiger partial charge in [-0.1, -0.05) is 18.2 Å². The standard InChI is InChI=1S/C16H15N3O2/c1-21-15-4-2-3-14(9-15)19-16(20)18-11-13-7-5-12(10-17)6-8-13/h2-9H,11H2,1H3,(H2,18,19,20). The summed E-state index contributed by atoms with van der Waals surface area (Å²) in [6.07, 6.45) is 0. The fraction of sp³-hybridized carbons (Fsp3) is 0.125. The molecule has 0 fully saturated rings. The maximum atomic E-state index is 11.8. The van der Waals surface area contributed by atoms with Crippen molar-refractivity contribution in [3.05, 3.63) is 59.7 Å². The van der Waals surface area contributed by atoms with Crippen molar-refractivity contribution in [2.45, 2.75) is 6.54 Å². The van der Waals surface area contributed by atoms with Crippen LogP contribution in [0.1, 0.15) is 11.1 Å². The van der Waals surface area contributed by atoms with Gasteiger partial charge in [0.15, 0.2) is 0 Å². The molecule has 0 aliphatic carbocycles. The SMILES string of the molecule is COc1cccc(NC(=O)NCc2ccc(C#N)cc2)c1. The van der Waals surface area contributed by atoms with E-state index in [0.717, 1.165) is 5.56 Å². The number of methoxy groups -OCH3 is 1. The van der Waals surface area contributed by atoms with Crippen molar-refractivity contribution in [1.82, 2.24) is 5.32 Å². The maximum absolute atomic E-state index is 11.8. The van der Waals surface area contributed by atoms with Crippen LogP contribution < -0.4 is 15.4 Å². The van der Waals surface area contributed by atoms with Crippen LogP contribution in [0, 0.1) is 11.3 Å². The molecule has 0 unspecified atom stereocenters. The molecule has 106 valence electrons. The van der Waals surface area contributed by atoms with Gasteiger partial charge in [-0.25, -0.2) is 4.79 Å². The number of carbonyl (C=O) groups excluding carboxylic acids is 1. The summed E-state index contributed by atoms with van der Waals surface area (Å²) < 4.78 is 5.09. The lowest BCUT2D eigenvalue weighted by atomic mass is 10.1. The third-order valence-electron chi connectivity index (χ3n) is 2.86. The van der Waals surface area contributed by atoms with Crippen molar-refractivity contribution < 1.29 is 9.53 Å². The van der Waals surface area contributed by atoms with Crippen molar-refractivity contribution in [3.63, 3.8) is 0 Å². The molecule has 5 nitrogen and oxygen atoms in total. The summed E-state index contributed by atoms with van der Waals surface area (Å²) in [4.78, 5) is 11.8. The smallest absolute Gasteiger partial charge is 0.319 e. The number of hydrogen-bond donors (Lipinski definition) is 2. The summed E-state index contributed by atoms with van der Waals surface area (Å²) in [5.41, 5.74) is 2.18. The Balaban J connectivity index is 1.88. The summed E-state index contributed by atoms with van der Waals surface area (Å²) in [5.74, 6) is 0.680. The van der Waals surface area contributed by atoms with E-state index in [0.29, 0.717) is 23.5 Å². The molecule has 0 heterocycles. The summed E-state index contributed by atoms with van der Waals surface area (Å²) in [7, 11) is 1.57. The van der Waals surface area contributed by atoms with Gasteiger partial charge in [-0.3, -0.25) is 0 Å². The summed E-state index contributed by atoms with van der Waals surface area (Å²) >= 11 is 0. The first-order valence-corrected chi connectivity index (χ1v) is 6.39. The summed E-state index contributed by atoms with van der Waals surface area (Å²) in [6, 6.07) is 15.9. The van der Waals surface area contributed by atoms with E-state index in [1.807, 2.05) is 12.1 Å². The first kappa shape index (κ1) is 14.4. The Labute approximate surface area is 123 Å². The van der Waals surface area contributed by atoms with Crippen LogP contribution in [0.4, 0.5) is 10.5 Å². The lowest BCUT2D eigenvalue weighted by Crippen LogP contribution is -2.28. The van der Waals surface area contributed by atoms with Crippen LogP contribution in [0.25, 0.3) is 0 Å². The van der Waals surface area contributed by atoms with Crippen LogP contribution in [-0.2, 0) is 6.54 Å². The van der Waals surface area contributed by atoms with Gasteiger partial charge in [0.25, 0.3) is 0 Å². The normalized spacial score (nSPS) is 9.52. The van der Waals surface area contributed by atoms with Gasteiger partial charge in [0, 0.05) is 18.3 Å². The van der Waals surface area contributed by atoms with Gasteiger partial charge in [-0.15, -0.1) is 0 Å². The fourth-order valence-electron chi connectivity index (χ4n) is 1.76. The first-order chi connectivity index (χ1) is 10.2. The predicted octanol–water partition coefficient (Wildman–Crippen LogP) is 2.89. The fourth-order valence-corrected chi connectivity index (χ4v) is 1.76. The Morgan fingerprint density at radius 1 is 1.24 bits per heavy atom. The lowest BCUT2D eigenvalue weighted by Gasteiger charge is -2.09. The Morgan fingerprint density at radius 2 is 2.00 bits per heavy atom.